The Morgan fingerprint density at radius 2 is 1.66 bits per heavy atom. The van der Waals surface area contributed by atoms with Crippen molar-refractivity contribution in [3.05, 3.63) is 69.7 Å². The topological polar surface area (TPSA) is 90.4 Å². The highest BCUT2D eigenvalue weighted by Gasteiger charge is 2.29. The van der Waals surface area contributed by atoms with Gasteiger partial charge in [0.05, 0.1) is 40.4 Å². The maximum atomic E-state index is 13.2. The molecule has 0 radical (unpaired) electrons. The van der Waals surface area contributed by atoms with Crippen LogP contribution in [-0.2, 0) is 29.0 Å². The number of likely N-dealkylation sites (tertiary alicyclic amines) is 1. The van der Waals surface area contributed by atoms with Crippen molar-refractivity contribution in [1.82, 2.24) is 14.8 Å². The van der Waals surface area contributed by atoms with Crippen LogP contribution in [0.3, 0.4) is 0 Å². The first kappa shape index (κ1) is 30.3. The molecular formula is C31H39N3O6S. The van der Waals surface area contributed by atoms with E-state index in [1.54, 1.807) is 26.2 Å². The quantitative estimate of drug-likeness (QED) is 0.265. The van der Waals surface area contributed by atoms with Gasteiger partial charge in [0.15, 0.2) is 11.5 Å². The number of benzene rings is 2. The fourth-order valence-electron chi connectivity index (χ4n) is 4.94. The lowest BCUT2D eigenvalue weighted by atomic mass is 9.97. The molecule has 10 heteroatoms. The number of carbonyl (C=O) groups excluding carboxylic acids is 2. The van der Waals surface area contributed by atoms with E-state index in [1.165, 1.54) is 11.3 Å². The average Bonchev–Trinajstić information content (AvgIpc) is 3.48. The SMILES string of the molecule is CCOC(=O)C1CCN(C(=O)c2csc(CN(CCc3ccc(OC)c(OC)c3)Cc3ccc(OC)cc3)n2)CC1. The summed E-state index contributed by atoms with van der Waals surface area (Å²) in [6.45, 7) is 5.37. The molecule has 220 valence electrons. The minimum Gasteiger partial charge on any atom is -0.497 e. The summed E-state index contributed by atoms with van der Waals surface area (Å²) in [5, 5.41) is 2.73. The van der Waals surface area contributed by atoms with Crippen molar-refractivity contribution < 1.29 is 28.5 Å². The van der Waals surface area contributed by atoms with E-state index in [1.807, 2.05) is 36.6 Å². The molecule has 1 aromatic heterocycles. The molecule has 2 heterocycles. The van der Waals surface area contributed by atoms with E-state index in [4.69, 9.17) is 23.9 Å². The molecule has 0 atom stereocenters. The molecule has 2 aromatic carbocycles. The Bertz CT molecular complexity index is 1290. The number of amides is 1. The Balaban J connectivity index is 1.42. The van der Waals surface area contributed by atoms with Crippen LogP contribution >= 0.6 is 11.3 Å². The Kier molecular flexibility index (Phi) is 11.0. The average molecular weight is 582 g/mol. The van der Waals surface area contributed by atoms with Gasteiger partial charge >= 0.3 is 5.97 Å². The summed E-state index contributed by atoms with van der Waals surface area (Å²) in [4.78, 5) is 34.1. The Hall–Kier alpha value is -3.63. The highest BCUT2D eigenvalue weighted by Crippen LogP contribution is 2.28. The van der Waals surface area contributed by atoms with Crippen LogP contribution in [0.1, 0.15) is 46.4 Å². The number of rotatable bonds is 13. The van der Waals surface area contributed by atoms with Crippen LogP contribution in [0.5, 0.6) is 17.2 Å². The van der Waals surface area contributed by atoms with Gasteiger partial charge in [-0.1, -0.05) is 18.2 Å². The first-order valence-corrected chi connectivity index (χ1v) is 14.8. The number of aromatic nitrogens is 1. The van der Waals surface area contributed by atoms with Gasteiger partial charge in [0.2, 0.25) is 0 Å². The van der Waals surface area contributed by atoms with E-state index in [-0.39, 0.29) is 17.8 Å². The van der Waals surface area contributed by atoms with Gasteiger partial charge in [0, 0.05) is 31.6 Å². The number of methoxy groups -OCH3 is 3. The Labute approximate surface area is 246 Å². The minimum absolute atomic E-state index is 0.0816. The van der Waals surface area contributed by atoms with Crippen molar-refractivity contribution in [1.29, 1.82) is 0 Å². The van der Waals surface area contributed by atoms with Crippen molar-refractivity contribution in [2.75, 3.05) is 47.6 Å². The van der Waals surface area contributed by atoms with Crippen LogP contribution in [0, 0.1) is 5.92 Å². The molecule has 3 aromatic rings. The number of hydrogen-bond acceptors (Lipinski definition) is 9. The summed E-state index contributed by atoms with van der Waals surface area (Å²) in [5.74, 6) is 1.85. The second kappa shape index (κ2) is 14.8. The molecule has 0 aliphatic carbocycles. The summed E-state index contributed by atoms with van der Waals surface area (Å²) in [6, 6.07) is 14.1. The van der Waals surface area contributed by atoms with Gasteiger partial charge in [-0.05, 0) is 61.6 Å². The maximum Gasteiger partial charge on any atom is 0.309 e. The van der Waals surface area contributed by atoms with Crippen molar-refractivity contribution in [3.8, 4) is 17.2 Å². The number of piperidine rings is 1. The first-order chi connectivity index (χ1) is 19.9. The summed E-state index contributed by atoms with van der Waals surface area (Å²) in [7, 11) is 4.93. The van der Waals surface area contributed by atoms with Crippen LogP contribution in [-0.4, -0.2) is 74.2 Å². The highest BCUT2D eigenvalue weighted by atomic mass is 32.1. The third-order valence-corrected chi connectivity index (χ3v) is 8.10. The normalized spacial score (nSPS) is 13.7. The number of esters is 1. The number of hydrogen-bond donors (Lipinski definition) is 0. The summed E-state index contributed by atoms with van der Waals surface area (Å²) < 4.78 is 21.3. The lowest BCUT2D eigenvalue weighted by molar-refractivity contribution is -0.149. The molecule has 1 aliphatic rings. The second-order valence-electron chi connectivity index (χ2n) is 9.94. The van der Waals surface area contributed by atoms with Crippen molar-refractivity contribution in [2.45, 2.75) is 39.3 Å². The molecule has 0 saturated carbocycles. The van der Waals surface area contributed by atoms with E-state index in [9.17, 15) is 9.59 Å². The maximum absolute atomic E-state index is 13.2. The molecule has 0 bridgehead atoms. The Morgan fingerprint density at radius 3 is 2.32 bits per heavy atom. The van der Waals surface area contributed by atoms with Crippen LogP contribution in [0.2, 0.25) is 0 Å². The van der Waals surface area contributed by atoms with E-state index in [0.29, 0.717) is 56.3 Å². The van der Waals surface area contributed by atoms with Gasteiger partial charge < -0.3 is 23.8 Å². The van der Waals surface area contributed by atoms with Crippen molar-refractivity contribution in [3.63, 3.8) is 0 Å². The molecule has 4 rings (SSSR count). The van der Waals surface area contributed by atoms with Gasteiger partial charge in [0.1, 0.15) is 16.5 Å². The standard InChI is InChI=1S/C31H39N3O6S/c1-5-40-31(36)24-13-16-34(17-14-24)30(35)26-21-41-29(32-26)20-33(19-23-6-9-25(37-2)10-7-23)15-12-22-8-11-27(38-3)28(18-22)39-4/h6-11,18,21,24H,5,12-17,19-20H2,1-4H3. The van der Waals surface area contributed by atoms with Crippen LogP contribution in [0.15, 0.2) is 47.8 Å². The molecule has 1 aliphatic heterocycles. The monoisotopic (exact) mass is 581 g/mol. The third-order valence-electron chi connectivity index (χ3n) is 7.26. The molecule has 0 spiro atoms. The molecule has 1 fully saturated rings. The van der Waals surface area contributed by atoms with E-state index in [2.05, 4.69) is 23.1 Å². The van der Waals surface area contributed by atoms with E-state index in [0.717, 1.165) is 41.4 Å². The largest absolute Gasteiger partial charge is 0.497 e. The molecule has 41 heavy (non-hydrogen) atoms. The van der Waals surface area contributed by atoms with Gasteiger partial charge in [0.25, 0.3) is 5.91 Å². The van der Waals surface area contributed by atoms with Gasteiger partial charge in [-0.25, -0.2) is 4.98 Å². The molecule has 9 nitrogen and oxygen atoms in total. The van der Waals surface area contributed by atoms with E-state index < -0.39 is 0 Å². The molecule has 1 amide bonds. The van der Waals surface area contributed by atoms with Gasteiger partial charge in [-0.2, -0.15) is 0 Å². The summed E-state index contributed by atoms with van der Waals surface area (Å²) in [6.07, 6.45) is 2.05. The van der Waals surface area contributed by atoms with Crippen LogP contribution < -0.4 is 14.2 Å². The minimum atomic E-state index is -0.166. The Morgan fingerprint density at radius 1 is 0.951 bits per heavy atom. The number of carbonyl (C=O) groups is 2. The lowest BCUT2D eigenvalue weighted by Crippen LogP contribution is -2.40. The van der Waals surface area contributed by atoms with Crippen molar-refractivity contribution in [2.24, 2.45) is 5.92 Å². The summed E-state index contributed by atoms with van der Waals surface area (Å²) in [5.41, 5.74) is 2.77. The van der Waals surface area contributed by atoms with Crippen molar-refractivity contribution >= 4 is 23.2 Å². The second-order valence-corrected chi connectivity index (χ2v) is 10.9. The zero-order valence-electron chi connectivity index (χ0n) is 24.3. The van der Waals surface area contributed by atoms with Gasteiger partial charge in [-0.3, -0.25) is 14.5 Å². The highest BCUT2D eigenvalue weighted by molar-refractivity contribution is 7.09. The van der Waals surface area contributed by atoms with Gasteiger partial charge in [-0.15, -0.1) is 11.3 Å². The smallest absolute Gasteiger partial charge is 0.309 e. The fraction of sp³-hybridized carbons (Fsp3) is 0.452. The zero-order valence-corrected chi connectivity index (χ0v) is 25.1. The molecule has 0 N–H and O–H groups in total. The predicted octanol–water partition coefficient (Wildman–Crippen LogP) is 4.83. The lowest BCUT2D eigenvalue weighted by Gasteiger charge is -2.30. The molecule has 0 unspecified atom stereocenters. The number of nitrogens with zero attached hydrogens (tertiary/aromatic N) is 3. The zero-order chi connectivity index (χ0) is 29.2. The summed E-state index contributed by atoms with van der Waals surface area (Å²) >= 11 is 1.50. The fourth-order valence-corrected chi connectivity index (χ4v) is 5.75. The number of ether oxygens (including phenoxy) is 4. The number of thiazole rings is 1. The predicted molar refractivity (Wildman–Crippen MR) is 158 cm³/mol. The third kappa shape index (κ3) is 8.20. The van der Waals surface area contributed by atoms with E-state index >= 15 is 0 Å². The van der Waals surface area contributed by atoms with Crippen LogP contribution in [0.4, 0.5) is 0 Å². The first-order valence-electron chi connectivity index (χ1n) is 13.9. The molecular weight excluding hydrogens is 542 g/mol. The molecule has 1 saturated heterocycles. The van der Waals surface area contributed by atoms with Crippen LogP contribution in [0.25, 0.3) is 0 Å².